The van der Waals surface area contributed by atoms with Crippen LogP contribution in [-0.2, 0) is 16.2 Å². The first-order valence-electron chi connectivity index (χ1n) is 14.6. The van der Waals surface area contributed by atoms with E-state index in [1.54, 1.807) is 0 Å². The van der Waals surface area contributed by atoms with Crippen LogP contribution in [0.15, 0.2) is 54.2 Å². The number of nitrogens with zero attached hydrogens (tertiary/aromatic N) is 1. The van der Waals surface area contributed by atoms with Crippen molar-refractivity contribution in [1.82, 2.24) is 5.48 Å². The summed E-state index contributed by atoms with van der Waals surface area (Å²) >= 11 is 1.26. The maximum Gasteiger partial charge on any atom is 0.348 e. The largest absolute Gasteiger partial charge is 0.477 e. The number of aliphatic hydroxyl groups is 1. The van der Waals surface area contributed by atoms with E-state index in [-0.39, 0.29) is 28.8 Å². The van der Waals surface area contributed by atoms with E-state index >= 15 is 0 Å². The summed E-state index contributed by atoms with van der Waals surface area (Å²) < 4.78 is 0. The number of nitrogens with one attached hydrogen (secondary N) is 1. The SMILES string of the molecule is CC1CCC(C(=O)N(c2cc(C3=CC=C(NOCc4ccccc4)CC3)sc2C(=O)O)C2CCC(O)CC2)CC1. The van der Waals surface area contributed by atoms with Crippen LogP contribution in [-0.4, -0.2) is 34.2 Å². The summed E-state index contributed by atoms with van der Waals surface area (Å²) in [4.78, 5) is 35.1. The number of hydrogen-bond acceptors (Lipinski definition) is 6. The third kappa shape index (κ3) is 6.85. The Morgan fingerprint density at radius 1 is 1.00 bits per heavy atom. The number of allylic oxidation sites excluding steroid dienone is 4. The summed E-state index contributed by atoms with van der Waals surface area (Å²) in [5, 5.41) is 20.3. The molecule has 3 aliphatic rings. The molecule has 1 aromatic carbocycles. The Labute approximate surface area is 240 Å². The lowest BCUT2D eigenvalue weighted by Crippen LogP contribution is -2.47. The number of thiophene rings is 1. The zero-order chi connectivity index (χ0) is 28.1. The van der Waals surface area contributed by atoms with Crippen LogP contribution in [0, 0.1) is 11.8 Å². The predicted molar refractivity (Wildman–Crippen MR) is 158 cm³/mol. The van der Waals surface area contributed by atoms with Crippen LogP contribution in [0.25, 0.3) is 5.57 Å². The van der Waals surface area contributed by atoms with Gasteiger partial charge in [0, 0.05) is 22.5 Å². The fraction of sp³-hybridized carbons (Fsp3) is 0.500. The molecule has 1 amide bonds. The average molecular weight is 565 g/mol. The van der Waals surface area contributed by atoms with Crippen molar-refractivity contribution < 1.29 is 24.6 Å². The first-order valence-corrected chi connectivity index (χ1v) is 15.4. The molecule has 0 saturated heterocycles. The first-order chi connectivity index (χ1) is 19.4. The molecule has 2 aromatic rings. The number of hydrogen-bond donors (Lipinski definition) is 3. The second-order valence-electron chi connectivity index (χ2n) is 11.5. The van der Waals surface area contributed by atoms with Gasteiger partial charge in [0.1, 0.15) is 4.88 Å². The number of aromatic carboxylic acids is 1. The van der Waals surface area contributed by atoms with Crippen molar-refractivity contribution >= 4 is 34.5 Å². The molecule has 7 nitrogen and oxygen atoms in total. The van der Waals surface area contributed by atoms with Crippen LogP contribution in [0.3, 0.4) is 0 Å². The van der Waals surface area contributed by atoms with E-state index in [1.165, 1.54) is 11.3 Å². The fourth-order valence-corrected chi connectivity index (χ4v) is 7.14. The van der Waals surface area contributed by atoms with Gasteiger partial charge < -0.3 is 15.1 Å². The molecule has 8 heteroatoms. The lowest BCUT2D eigenvalue weighted by Gasteiger charge is -2.38. The number of carboxylic acid groups (broad SMARTS) is 1. The number of carboxylic acids is 1. The summed E-state index contributed by atoms with van der Waals surface area (Å²) in [6.07, 6.45) is 11.5. The highest BCUT2D eigenvalue weighted by Crippen LogP contribution is 2.42. The highest BCUT2D eigenvalue weighted by atomic mass is 32.1. The van der Waals surface area contributed by atoms with Gasteiger partial charge in [-0.15, -0.1) is 11.3 Å². The number of amides is 1. The second-order valence-corrected chi connectivity index (χ2v) is 12.6. The van der Waals surface area contributed by atoms with Gasteiger partial charge in [0.25, 0.3) is 0 Å². The van der Waals surface area contributed by atoms with Crippen molar-refractivity contribution in [2.75, 3.05) is 4.90 Å². The van der Waals surface area contributed by atoms with E-state index in [2.05, 4.69) is 12.4 Å². The topological polar surface area (TPSA) is 99.1 Å². The summed E-state index contributed by atoms with van der Waals surface area (Å²) in [5.41, 5.74) is 6.69. The predicted octanol–water partition coefficient (Wildman–Crippen LogP) is 6.69. The van der Waals surface area contributed by atoms with Crippen LogP contribution in [0.5, 0.6) is 0 Å². The van der Waals surface area contributed by atoms with Crippen molar-refractivity contribution in [2.24, 2.45) is 11.8 Å². The smallest absolute Gasteiger partial charge is 0.348 e. The van der Waals surface area contributed by atoms with Crippen molar-refractivity contribution in [1.29, 1.82) is 0 Å². The van der Waals surface area contributed by atoms with Gasteiger partial charge in [-0.05, 0) is 93.4 Å². The Morgan fingerprint density at radius 2 is 1.73 bits per heavy atom. The Kier molecular flexibility index (Phi) is 9.40. The molecular weight excluding hydrogens is 524 g/mol. The zero-order valence-electron chi connectivity index (χ0n) is 23.2. The third-order valence-electron chi connectivity index (χ3n) is 8.55. The normalized spacial score (nSPS) is 25.1. The van der Waals surface area contributed by atoms with Gasteiger partial charge in [0.05, 0.1) is 18.4 Å². The van der Waals surface area contributed by atoms with Gasteiger partial charge in [-0.25, -0.2) is 4.79 Å². The van der Waals surface area contributed by atoms with Gasteiger partial charge in [0.15, 0.2) is 0 Å². The lowest BCUT2D eigenvalue weighted by molar-refractivity contribution is -0.124. The van der Waals surface area contributed by atoms with Crippen LogP contribution in [0.2, 0.25) is 0 Å². The number of anilines is 1. The molecule has 5 rings (SSSR count). The summed E-state index contributed by atoms with van der Waals surface area (Å²) in [6, 6.07) is 11.8. The number of hydroxylamine groups is 1. The van der Waals surface area contributed by atoms with E-state index < -0.39 is 5.97 Å². The molecule has 1 heterocycles. The average Bonchev–Trinajstić information content (AvgIpc) is 3.41. The molecule has 0 radical (unpaired) electrons. The van der Waals surface area contributed by atoms with Gasteiger partial charge in [-0.1, -0.05) is 43.3 Å². The minimum Gasteiger partial charge on any atom is -0.477 e. The van der Waals surface area contributed by atoms with E-state index in [9.17, 15) is 19.8 Å². The summed E-state index contributed by atoms with van der Waals surface area (Å²) in [5.74, 6) is -0.394. The number of carbonyl (C=O) groups excluding carboxylic acids is 1. The molecule has 0 spiro atoms. The molecule has 3 N–H and O–H groups in total. The molecule has 0 atom stereocenters. The lowest BCUT2D eigenvalue weighted by atomic mass is 9.81. The van der Waals surface area contributed by atoms with Gasteiger partial charge in [0.2, 0.25) is 5.91 Å². The van der Waals surface area contributed by atoms with Gasteiger partial charge >= 0.3 is 5.97 Å². The summed E-state index contributed by atoms with van der Waals surface area (Å²) in [7, 11) is 0. The summed E-state index contributed by atoms with van der Waals surface area (Å²) in [6.45, 7) is 2.70. The molecular formula is C32H40N2O5S. The molecule has 0 bridgehead atoms. The quantitative estimate of drug-likeness (QED) is 0.294. The van der Waals surface area contributed by atoms with Crippen molar-refractivity contribution in [3.05, 3.63) is 69.6 Å². The zero-order valence-corrected chi connectivity index (χ0v) is 24.0. The minimum atomic E-state index is -0.999. The highest BCUT2D eigenvalue weighted by molar-refractivity contribution is 7.15. The number of rotatable bonds is 9. The van der Waals surface area contributed by atoms with Gasteiger partial charge in [-0.3, -0.25) is 15.1 Å². The van der Waals surface area contributed by atoms with Crippen molar-refractivity contribution in [2.45, 2.75) is 89.9 Å². The standard InChI is InChI=1S/C32H40N2O5S/c1-21-7-9-24(10-8-21)31(36)34(26-15-17-27(35)18-16-26)28-19-29(40-30(28)32(37)38)23-11-13-25(14-12-23)33-39-20-22-5-3-2-4-6-22/h2-6,11,13,19,21,24,26-27,33,35H,7-10,12,14-18,20H2,1H3,(H,37,38). The highest BCUT2D eigenvalue weighted by Gasteiger charge is 2.37. The van der Waals surface area contributed by atoms with E-state index in [1.807, 2.05) is 53.5 Å². The number of benzene rings is 1. The van der Waals surface area contributed by atoms with Crippen LogP contribution in [0.1, 0.15) is 91.2 Å². The van der Waals surface area contributed by atoms with Crippen LogP contribution < -0.4 is 10.4 Å². The maximum atomic E-state index is 14.0. The molecule has 3 aliphatic carbocycles. The van der Waals surface area contributed by atoms with E-state index in [0.29, 0.717) is 43.9 Å². The molecule has 2 saturated carbocycles. The van der Waals surface area contributed by atoms with Crippen molar-refractivity contribution in [3.8, 4) is 0 Å². The van der Waals surface area contributed by atoms with Gasteiger partial charge in [-0.2, -0.15) is 0 Å². The van der Waals surface area contributed by atoms with E-state index in [0.717, 1.165) is 60.2 Å². The van der Waals surface area contributed by atoms with E-state index in [4.69, 9.17) is 4.84 Å². The Balaban J connectivity index is 1.36. The number of carbonyl (C=O) groups is 2. The molecule has 0 unspecified atom stereocenters. The molecule has 2 fully saturated rings. The van der Waals surface area contributed by atoms with Crippen LogP contribution in [0.4, 0.5) is 5.69 Å². The van der Waals surface area contributed by atoms with Crippen molar-refractivity contribution in [3.63, 3.8) is 0 Å². The maximum absolute atomic E-state index is 14.0. The van der Waals surface area contributed by atoms with Crippen LogP contribution >= 0.6 is 11.3 Å². The Morgan fingerprint density at radius 3 is 2.38 bits per heavy atom. The minimum absolute atomic E-state index is 0.0553. The first kappa shape index (κ1) is 28.6. The molecule has 40 heavy (non-hydrogen) atoms. The fourth-order valence-electron chi connectivity index (χ4n) is 6.10. The Hall–Kier alpha value is -2.94. The monoisotopic (exact) mass is 564 g/mol. The molecule has 1 aromatic heterocycles. The second kappa shape index (κ2) is 13.1. The third-order valence-corrected chi connectivity index (χ3v) is 9.74. The molecule has 0 aliphatic heterocycles. The Bertz CT molecular complexity index is 1240. The molecule has 214 valence electrons. The number of aliphatic hydroxyl groups excluding tert-OH is 1.